The zero-order chi connectivity index (χ0) is 18.5. The summed E-state index contributed by atoms with van der Waals surface area (Å²) in [6.07, 6.45) is -1.06. The highest BCUT2D eigenvalue weighted by atomic mass is 32.2. The predicted molar refractivity (Wildman–Crippen MR) is 91.1 cm³/mol. The first-order valence-corrected chi connectivity index (χ1v) is 9.67. The number of carbonyl (C=O) groups excluding carboxylic acids is 1. The Labute approximate surface area is 153 Å². The molecule has 0 bridgehead atoms. The molecular weight excluding hydrogens is 348 g/mol. The maximum Gasteiger partial charge on any atom is 0.348 e. The van der Waals surface area contributed by atoms with E-state index in [1.54, 1.807) is 0 Å². The quantitative estimate of drug-likeness (QED) is 0.691. The van der Waals surface area contributed by atoms with Gasteiger partial charge in [-0.25, -0.2) is 4.79 Å². The number of methoxy groups -OCH3 is 1. The second kappa shape index (κ2) is 6.65. The Hall–Kier alpha value is -0.380. The monoisotopic (exact) mass is 376 g/mol. The topological polar surface area (TPSA) is 72.5 Å². The van der Waals surface area contributed by atoms with Crippen LogP contribution in [0.1, 0.15) is 41.0 Å². The largest absolute Gasteiger partial charge is 0.466 e. The molecule has 0 aromatic carbocycles. The molecule has 0 aromatic heterocycles. The van der Waals surface area contributed by atoms with Crippen LogP contribution in [0, 0.1) is 0 Å². The molecule has 3 rings (SSSR count). The lowest BCUT2D eigenvalue weighted by Gasteiger charge is -2.44. The fraction of sp³-hybridized carbons (Fsp3) is 0.941. The van der Waals surface area contributed by atoms with Gasteiger partial charge in [0, 0.05) is 6.42 Å². The minimum Gasteiger partial charge on any atom is -0.466 e. The Balaban J connectivity index is 1.92. The Morgan fingerprint density at radius 1 is 1.04 bits per heavy atom. The van der Waals surface area contributed by atoms with Crippen molar-refractivity contribution in [1.82, 2.24) is 0 Å². The second-order valence-corrected chi connectivity index (χ2v) is 9.00. The summed E-state index contributed by atoms with van der Waals surface area (Å²) in [7, 11) is 1.37. The van der Waals surface area contributed by atoms with Crippen molar-refractivity contribution >= 4 is 17.7 Å². The number of carbonyl (C=O) groups is 1. The Bertz CT molecular complexity index is 523. The van der Waals surface area contributed by atoms with Crippen LogP contribution in [0.4, 0.5) is 0 Å². The van der Waals surface area contributed by atoms with E-state index in [4.69, 9.17) is 28.4 Å². The molecule has 7 nitrogen and oxygen atoms in total. The average molecular weight is 376 g/mol. The molecule has 0 saturated carbocycles. The molecule has 5 atom stereocenters. The molecule has 0 N–H and O–H groups in total. The molecule has 0 radical (unpaired) electrons. The summed E-state index contributed by atoms with van der Waals surface area (Å²) in [5.74, 6) is -1.14. The number of rotatable bonds is 4. The van der Waals surface area contributed by atoms with Gasteiger partial charge in [-0.1, -0.05) is 6.92 Å². The molecule has 0 spiro atoms. The van der Waals surface area contributed by atoms with Crippen LogP contribution in [-0.4, -0.2) is 66.4 Å². The van der Waals surface area contributed by atoms with Gasteiger partial charge in [0.2, 0.25) is 4.93 Å². The highest BCUT2D eigenvalue weighted by Gasteiger charge is 2.61. The molecule has 0 aromatic rings. The molecule has 3 saturated heterocycles. The van der Waals surface area contributed by atoms with Gasteiger partial charge in [0.25, 0.3) is 0 Å². The Morgan fingerprint density at radius 2 is 1.68 bits per heavy atom. The summed E-state index contributed by atoms with van der Waals surface area (Å²) in [5.41, 5.74) is 0. The SMILES string of the molecule is CCSC1(C(=O)OC)C[C@H]2OC(C)(C)O[C@H]2[C@@H]([C@H]2COC(C)(C)O2)O1. The smallest absolute Gasteiger partial charge is 0.348 e. The molecule has 1 unspecified atom stereocenters. The van der Waals surface area contributed by atoms with E-state index >= 15 is 0 Å². The van der Waals surface area contributed by atoms with Crippen molar-refractivity contribution < 1.29 is 33.2 Å². The van der Waals surface area contributed by atoms with Crippen LogP contribution in [0.15, 0.2) is 0 Å². The van der Waals surface area contributed by atoms with Crippen LogP contribution in [0.25, 0.3) is 0 Å². The fourth-order valence-corrected chi connectivity index (χ4v) is 4.86. The molecule has 0 amide bonds. The fourth-order valence-electron chi connectivity index (χ4n) is 3.74. The van der Waals surface area contributed by atoms with Gasteiger partial charge in [-0.2, -0.15) is 0 Å². The third kappa shape index (κ3) is 3.70. The standard InChI is InChI=1S/C17H28O7S/c1-7-25-17(14(18)19-6)8-10-12(23-16(4,5)21-10)13(24-17)11-9-20-15(2,3)22-11/h10-13H,7-9H2,1-6H3/t10-,11-,12-,13-,17?/m1/s1. The highest BCUT2D eigenvalue weighted by molar-refractivity contribution is 8.01. The van der Waals surface area contributed by atoms with Crippen LogP contribution in [0.5, 0.6) is 0 Å². The summed E-state index contributed by atoms with van der Waals surface area (Å²) in [5, 5.41) is 0. The van der Waals surface area contributed by atoms with Crippen LogP contribution < -0.4 is 0 Å². The first-order chi connectivity index (χ1) is 11.6. The van der Waals surface area contributed by atoms with E-state index in [1.165, 1.54) is 18.9 Å². The van der Waals surface area contributed by atoms with Crippen molar-refractivity contribution in [1.29, 1.82) is 0 Å². The second-order valence-electron chi connectivity index (χ2n) is 7.47. The van der Waals surface area contributed by atoms with Gasteiger partial charge in [0.1, 0.15) is 18.3 Å². The number of ether oxygens (including phenoxy) is 6. The molecule has 3 aliphatic heterocycles. The molecule has 3 fully saturated rings. The summed E-state index contributed by atoms with van der Waals surface area (Å²) in [6, 6.07) is 0. The molecule has 8 heteroatoms. The number of hydrogen-bond donors (Lipinski definition) is 0. The van der Waals surface area contributed by atoms with Crippen molar-refractivity contribution in [2.45, 2.75) is 82.0 Å². The van der Waals surface area contributed by atoms with Gasteiger partial charge >= 0.3 is 5.97 Å². The van der Waals surface area contributed by atoms with Gasteiger partial charge in [0.15, 0.2) is 11.6 Å². The van der Waals surface area contributed by atoms with Crippen LogP contribution in [0.3, 0.4) is 0 Å². The van der Waals surface area contributed by atoms with E-state index in [1.807, 2.05) is 34.6 Å². The third-order valence-electron chi connectivity index (χ3n) is 4.61. The van der Waals surface area contributed by atoms with E-state index in [-0.39, 0.29) is 18.3 Å². The minimum absolute atomic E-state index is 0.279. The van der Waals surface area contributed by atoms with E-state index in [9.17, 15) is 4.79 Å². The molecule has 144 valence electrons. The predicted octanol–water partition coefficient (Wildman–Crippen LogP) is 2.07. The maximum atomic E-state index is 12.6. The highest BCUT2D eigenvalue weighted by Crippen LogP contribution is 2.48. The van der Waals surface area contributed by atoms with E-state index in [0.29, 0.717) is 18.8 Å². The number of esters is 1. The number of fused-ring (bicyclic) bond motifs is 1. The first kappa shape index (κ1) is 19.4. The van der Waals surface area contributed by atoms with Crippen LogP contribution in [-0.2, 0) is 33.2 Å². The third-order valence-corrected chi connectivity index (χ3v) is 5.80. The van der Waals surface area contributed by atoms with E-state index < -0.39 is 28.6 Å². The minimum atomic E-state index is -1.13. The zero-order valence-electron chi connectivity index (χ0n) is 15.7. The molecule has 3 heterocycles. The van der Waals surface area contributed by atoms with Crippen molar-refractivity contribution in [3.8, 4) is 0 Å². The van der Waals surface area contributed by atoms with Crippen molar-refractivity contribution in [3.05, 3.63) is 0 Å². The van der Waals surface area contributed by atoms with Crippen molar-refractivity contribution in [3.63, 3.8) is 0 Å². The summed E-state index contributed by atoms with van der Waals surface area (Å²) >= 11 is 1.42. The van der Waals surface area contributed by atoms with Gasteiger partial charge in [-0.05, 0) is 33.4 Å². The summed E-state index contributed by atoms with van der Waals surface area (Å²) in [4.78, 5) is 11.5. The van der Waals surface area contributed by atoms with Crippen LogP contribution >= 0.6 is 11.8 Å². The molecule has 0 aliphatic carbocycles. The van der Waals surface area contributed by atoms with Gasteiger partial charge in [-0.3, -0.25) is 0 Å². The number of thioether (sulfide) groups is 1. The lowest BCUT2D eigenvalue weighted by Crippen LogP contribution is -2.59. The maximum absolute atomic E-state index is 12.6. The van der Waals surface area contributed by atoms with Gasteiger partial charge in [0.05, 0.1) is 19.8 Å². The lowest BCUT2D eigenvalue weighted by atomic mass is 9.94. The molecule has 25 heavy (non-hydrogen) atoms. The zero-order valence-corrected chi connectivity index (χ0v) is 16.5. The summed E-state index contributed by atoms with van der Waals surface area (Å²) < 4.78 is 35.2. The first-order valence-electron chi connectivity index (χ1n) is 8.69. The average Bonchev–Trinajstić information content (AvgIpc) is 3.03. The lowest BCUT2D eigenvalue weighted by molar-refractivity contribution is -0.217. The summed E-state index contributed by atoms with van der Waals surface area (Å²) in [6.45, 7) is 9.80. The van der Waals surface area contributed by atoms with Gasteiger partial charge in [-0.15, -0.1) is 11.8 Å². The molecule has 3 aliphatic rings. The number of hydrogen-bond acceptors (Lipinski definition) is 8. The van der Waals surface area contributed by atoms with E-state index in [0.717, 1.165) is 0 Å². The Morgan fingerprint density at radius 3 is 2.24 bits per heavy atom. The molecular formula is C17H28O7S. The van der Waals surface area contributed by atoms with Gasteiger partial charge < -0.3 is 28.4 Å². The van der Waals surface area contributed by atoms with Crippen molar-refractivity contribution in [2.24, 2.45) is 0 Å². The van der Waals surface area contributed by atoms with E-state index in [2.05, 4.69) is 0 Å². The Kier molecular flexibility index (Phi) is 5.16. The normalized spacial score (nSPS) is 42.2. The van der Waals surface area contributed by atoms with Crippen molar-refractivity contribution in [2.75, 3.05) is 19.5 Å². The van der Waals surface area contributed by atoms with Crippen LogP contribution in [0.2, 0.25) is 0 Å².